The van der Waals surface area contributed by atoms with Crippen molar-refractivity contribution in [1.29, 1.82) is 0 Å². The minimum atomic E-state index is -0.149. The number of carbonyl (C=O) groups is 2. The first-order chi connectivity index (χ1) is 9.75. The Morgan fingerprint density at radius 3 is 2.80 bits per heavy atom. The van der Waals surface area contributed by atoms with E-state index in [1.807, 2.05) is 0 Å². The summed E-state index contributed by atoms with van der Waals surface area (Å²) < 4.78 is 1.60. The molecule has 104 valence electrons. The summed E-state index contributed by atoms with van der Waals surface area (Å²) in [4.78, 5) is 28.4. The van der Waals surface area contributed by atoms with Crippen LogP contribution in [-0.2, 0) is 4.79 Å². The second-order valence-corrected chi connectivity index (χ2v) is 5.37. The number of nitrogens with zero attached hydrogens (tertiary/aromatic N) is 3. The summed E-state index contributed by atoms with van der Waals surface area (Å²) in [6.45, 7) is 0. The summed E-state index contributed by atoms with van der Waals surface area (Å²) in [6, 6.07) is 0. The zero-order valence-electron chi connectivity index (χ0n) is 11.3. The molecule has 2 aromatic heterocycles. The zero-order valence-corrected chi connectivity index (χ0v) is 11.3. The maximum Gasteiger partial charge on any atom is 0.174 e. The first kappa shape index (κ1) is 13.0. The van der Waals surface area contributed by atoms with E-state index in [4.69, 9.17) is 0 Å². The van der Waals surface area contributed by atoms with E-state index >= 15 is 0 Å². The van der Waals surface area contributed by atoms with Gasteiger partial charge in [-0.3, -0.25) is 14.6 Å². The molecule has 0 bridgehead atoms. The van der Waals surface area contributed by atoms with Crippen LogP contribution in [0.25, 0.3) is 5.52 Å². The van der Waals surface area contributed by atoms with Gasteiger partial charge < -0.3 is 0 Å². The molecule has 20 heavy (non-hydrogen) atoms. The van der Waals surface area contributed by atoms with Gasteiger partial charge in [-0.05, 0) is 12.8 Å². The van der Waals surface area contributed by atoms with Crippen LogP contribution in [0.1, 0.15) is 48.9 Å². The SMILES string of the molecule is O=C(CC(=O)C1CCCCC1)c1cnn2ccncc12. The van der Waals surface area contributed by atoms with Gasteiger partial charge in [0, 0.05) is 18.3 Å². The van der Waals surface area contributed by atoms with Crippen LogP contribution in [0.15, 0.2) is 24.8 Å². The second-order valence-electron chi connectivity index (χ2n) is 5.37. The number of rotatable bonds is 4. The fourth-order valence-corrected chi connectivity index (χ4v) is 2.87. The van der Waals surface area contributed by atoms with E-state index in [0.29, 0.717) is 11.1 Å². The molecule has 0 amide bonds. The molecule has 2 aromatic rings. The van der Waals surface area contributed by atoms with Crippen LogP contribution in [0, 0.1) is 5.92 Å². The normalized spacial score (nSPS) is 16.4. The molecule has 0 N–H and O–H groups in total. The number of hydrogen-bond donors (Lipinski definition) is 0. The van der Waals surface area contributed by atoms with Crippen molar-refractivity contribution < 1.29 is 9.59 Å². The van der Waals surface area contributed by atoms with E-state index in [2.05, 4.69) is 10.1 Å². The van der Waals surface area contributed by atoms with Crippen LogP contribution < -0.4 is 0 Å². The smallest absolute Gasteiger partial charge is 0.174 e. The van der Waals surface area contributed by atoms with E-state index in [9.17, 15) is 9.59 Å². The monoisotopic (exact) mass is 271 g/mol. The van der Waals surface area contributed by atoms with Crippen molar-refractivity contribution in [2.45, 2.75) is 38.5 Å². The molecule has 0 unspecified atom stereocenters. The Balaban J connectivity index is 1.74. The summed E-state index contributed by atoms with van der Waals surface area (Å²) in [6.07, 6.45) is 11.7. The number of Topliss-reactive ketones (excluding diaryl/α,β-unsaturated/α-hetero) is 2. The van der Waals surface area contributed by atoms with E-state index in [1.165, 1.54) is 12.6 Å². The third-order valence-corrected chi connectivity index (χ3v) is 4.02. The molecule has 0 aliphatic heterocycles. The Morgan fingerprint density at radius 2 is 2.00 bits per heavy atom. The highest BCUT2D eigenvalue weighted by Crippen LogP contribution is 2.26. The first-order valence-electron chi connectivity index (χ1n) is 7.09. The summed E-state index contributed by atoms with van der Waals surface area (Å²) in [5.41, 5.74) is 1.15. The highest BCUT2D eigenvalue weighted by atomic mass is 16.1. The number of ketones is 2. The van der Waals surface area contributed by atoms with Crippen molar-refractivity contribution in [3.05, 3.63) is 30.4 Å². The molecule has 5 nitrogen and oxygen atoms in total. The summed E-state index contributed by atoms with van der Waals surface area (Å²) in [5.74, 6) is 0.00850. The summed E-state index contributed by atoms with van der Waals surface area (Å²) in [5, 5.41) is 4.10. The van der Waals surface area contributed by atoms with Crippen LogP contribution in [0.5, 0.6) is 0 Å². The molecule has 0 spiro atoms. The fourth-order valence-electron chi connectivity index (χ4n) is 2.87. The molecular formula is C15H17N3O2. The van der Waals surface area contributed by atoms with Crippen molar-refractivity contribution in [3.63, 3.8) is 0 Å². The molecule has 0 atom stereocenters. The van der Waals surface area contributed by atoms with Crippen LogP contribution in [-0.4, -0.2) is 26.2 Å². The van der Waals surface area contributed by atoms with Gasteiger partial charge in [0.15, 0.2) is 5.78 Å². The number of aromatic nitrogens is 3. The van der Waals surface area contributed by atoms with E-state index in [0.717, 1.165) is 25.7 Å². The number of hydrogen-bond acceptors (Lipinski definition) is 4. The Bertz CT molecular complexity index is 641. The number of fused-ring (bicyclic) bond motifs is 1. The molecular weight excluding hydrogens is 254 g/mol. The van der Waals surface area contributed by atoms with Gasteiger partial charge in [0.25, 0.3) is 0 Å². The minimum absolute atomic E-state index is 0.0130. The molecule has 5 heteroatoms. The third kappa shape index (κ3) is 2.48. The van der Waals surface area contributed by atoms with Crippen molar-refractivity contribution in [3.8, 4) is 0 Å². The van der Waals surface area contributed by atoms with Gasteiger partial charge in [-0.15, -0.1) is 0 Å². The van der Waals surface area contributed by atoms with E-state index < -0.39 is 0 Å². The molecule has 0 saturated heterocycles. The maximum atomic E-state index is 12.3. The molecule has 3 rings (SSSR count). The van der Waals surface area contributed by atoms with Crippen LogP contribution >= 0.6 is 0 Å². The Morgan fingerprint density at radius 1 is 1.20 bits per heavy atom. The fraction of sp³-hybridized carbons (Fsp3) is 0.467. The first-order valence-corrected chi connectivity index (χ1v) is 7.09. The van der Waals surface area contributed by atoms with Gasteiger partial charge in [-0.25, -0.2) is 4.52 Å². The van der Waals surface area contributed by atoms with Gasteiger partial charge in [0.1, 0.15) is 5.78 Å². The molecule has 1 saturated carbocycles. The molecule has 0 aromatic carbocycles. The quantitative estimate of drug-likeness (QED) is 0.633. The average Bonchev–Trinajstić information content (AvgIpc) is 2.92. The minimum Gasteiger partial charge on any atom is -0.299 e. The van der Waals surface area contributed by atoms with Gasteiger partial charge in [-0.1, -0.05) is 19.3 Å². The largest absolute Gasteiger partial charge is 0.299 e. The zero-order chi connectivity index (χ0) is 13.9. The standard InChI is InChI=1S/C15H17N3O2/c19-14(11-4-2-1-3-5-11)8-15(20)12-9-17-18-7-6-16-10-13(12)18/h6-7,9-11H,1-5,8H2. The van der Waals surface area contributed by atoms with Crippen molar-refractivity contribution >= 4 is 17.1 Å². The predicted molar refractivity (Wildman–Crippen MR) is 73.5 cm³/mol. The van der Waals surface area contributed by atoms with Crippen molar-refractivity contribution in [2.75, 3.05) is 0 Å². The van der Waals surface area contributed by atoms with Gasteiger partial charge in [0.2, 0.25) is 0 Å². The molecule has 2 heterocycles. The Hall–Kier alpha value is -2.04. The van der Waals surface area contributed by atoms with E-state index in [-0.39, 0.29) is 23.9 Å². The topological polar surface area (TPSA) is 64.3 Å². The van der Waals surface area contributed by atoms with E-state index in [1.54, 1.807) is 23.1 Å². The lowest BCUT2D eigenvalue weighted by atomic mass is 9.84. The summed E-state index contributed by atoms with van der Waals surface area (Å²) >= 11 is 0. The lowest BCUT2D eigenvalue weighted by Gasteiger charge is -2.19. The molecule has 1 aliphatic rings. The maximum absolute atomic E-state index is 12.3. The molecule has 0 radical (unpaired) electrons. The highest BCUT2D eigenvalue weighted by Gasteiger charge is 2.24. The predicted octanol–water partition coefficient (Wildman–Crippen LogP) is 2.45. The van der Waals surface area contributed by atoms with Crippen molar-refractivity contribution in [1.82, 2.24) is 14.6 Å². The summed E-state index contributed by atoms with van der Waals surface area (Å²) in [7, 11) is 0. The van der Waals surface area contributed by atoms with Crippen LogP contribution in [0.3, 0.4) is 0 Å². The molecule has 1 aliphatic carbocycles. The Kier molecular flexibility index (Phi) is 3.58. The van der Waals surface area contributed by atoms with Gasteiger partial charge in [-0.2, -0.15) is 5.10 Å². The van der Waals surface area contributed by atoms with Crippen LogP contribution in [0.2, 0.25) is 0 Å². The lowest BCUT2D eigenvalue weighted by Crippen LogP contribution is -2.20. The van der Waals surface area contributed by atoms with Gasteiger partial charge in [0.05, 0.1) is 29.9 Å². The Labute approximate surface area is 117 Å². The van der Waals surface area contributed by atoms with Crippen LogP contribution in [0.4, 0.5) is 0 Å². The lowest BCUT2D eigenvalue weighted by molar-refractivity contribution is -0.122. The molecule has 1 fully saturated rings. The number of carbonyl (C=O) groups excluding carboxylic acids is 2. The van der Waals surface area contributed by atoms with Crippen molar-refractivity contribution in [2.24, 2.45) is 5.92 Å². The third-order valence-electron chi connectivity index (χ3n) is 4.02. The second kappa shape index (κ2) is 5.53. The average molecular weight is 271 g/mol. The highest BCUT2D eigenvalue weighted by molar-refractivity contribution is 6.11. The van der Waals surface area contributed by atoms with Gasteiger partial charge >= 0.3 is 0 Å².